The maximum Gasteiger partial charge on any atom is 0.430 e. The van der Waals surface area contributed by atoms with Crippen LogP contribution in [-0.4, -0.2) is 21.9 Å². The largest absolute Gasteiger partial charge is 0.444 e. The molecule has 1 aromatic carbocycles. The van der Waals surface area contributed by atoms with Gasteiger partial charge in [0, 0.05) is 18.3 Å². The Balaban J connectivity index is 2.40. The highest BCUT2D eigenvalue weighted by atomic mass is 19.4. The van der Waals surface area contributed by atoms with Gasteiger partial charge in [0.15, 0.2) is 0 Å². The lowest BCUT2D eigenvalue weighted by atomic mass is 10.1. The summed E-state index contributed by atoms with van der Waals surface area (Å²) in [6.07, 6.45) is -7.22. The van der Waals surface area contributed by atoms with Gasteiger partial charge in [0.1, 0.15) is 0 Å². The van der Waals surface area contributed by atoms with Crippen LogP contribution in [0.25, 0.3) is 0 Å². The predicted molar refractivity (Wildman–Crippen MR) is 78.1 cm³/mol. The van der Waals surface area contributed by atoms with Crippen molar-refractivity contribution >= 4 is 5.97 Å². The molecule has 126 valence electrons. The number of carbonyl (C=O) groups excluding carboxylic acids is 1. The van der Waals surface area contributed by atoms with Crippen LogP contribution >= 0.6 is 0 Å². The van der Waals surface area contributed by atoms with E-state index in [1.54, 1.807) is 0 Å². The zero-order valence-electron chi connectivity index (χ0n) is 13.2. The van der Waals surface area contributed by atoms with Crippen molar-refractivity contribution in [3.63, 3.8) is 0 Å². The molecule has 1 heterocycles. The predicted octanol–water partition coefficient (Wildman–Crippen LogP) is 3.37. The summed E-state index contributed by atoms with van der Waals surface area (Å²) in [5.41, 5.74) is 0.239. The Kier molecular flexibility index (Phi) is 4.64. The van der Waals surface area contributed by atoms with Gasteiger partial charge in [0.2, 0.25) is 6.10 Å². The number of rotatable bonds is 3. The van der Waals surface area contributed by atoms with E-state index in [0.717, 1.165) is 0 Å². The smallest absolute Gasteiger partial charge is 0.430 e. The maximum absolute atomic E-state index is 13.4. The van der Waals surface area contributed by atoms with Crippen molar-refractivity contribution in [1.82, 2.24) is 9.78 Å². The number of aryl methyl sites for hydroxylation is 2. The van der Waals surface area contributed by atoms with Crippen LogP contribution in [0.5, 0.6) is 0 Å². The van der Waals surface area contributed by atoms with Crippen LogP contribution in [-0.2, 0) is 11.8 Å². The van der Waals surface area contributed by atoms with Crippen molar-refractivity contribution in [1.29, 1.82) is 5.26 Å². The Morgan fingerprint density at radius 3 is 2.54 bits per heavy atom. The summed E-state index contributed by atoms with van der Waals surface area (Å²) in [5, 5.41) is 12.8. The molecule has 0 aliphatic carbocycles. The molecule has 0 N–H and O–H groups in total. The van der Waals surface area contributed by atoms with Crippen LogP contribution < -0.4 is 0 Å². The quantitative estimate of drug-likeness (QED) is 0.805. The first kappa shape index (κ1) is 17.5. The number of benzene rings is 1. The fourth-order valence-electron chi connectivity index (χ4n) is 2.35. The number of halogens is 3. The zero-order chi connectivity index (χ0) is 18.1. The Labute approximate surface area is 136 Å². The fourth-order valence-corrected chi connectivity index (χ4v) is 2.35. The van der Waals surface area contributed by atoms with E-state index < -0.39 is 18.2 Å². The molecule has 8 heteroatoms. The van der Waals surface area contributed by atoms with E-state index >= 15 is 0 Å². The highest BCUT2D eigenvalue weighted by Crippen LogP contribution is 2.39. The number of aromatic nitrogens is 2. The van der Waals surface area contributed by atoms with E-state index in [9.17, 15) is 18.0 Å². The van der Waals surface area contributed by atoms with Crippen LogP contribution in [0.4, 0.5) is 13.2 Å². The van der Waals surface area contributed by atoms with Crippen LogP contribution in [0, 0.1) is 25.2 Å². The topological polar surface area (TPSA) is 67.9 Å². The van der Waals surface area contributed by atoms with E-state index in [-0.39, 0.29) is 28.1 Å². The standard InChI is InChI=1S/C16H14F3N3O2/c1-9-13(10(2)22(3)21-9)14(16(17,18)19)24-15(23)12-6-4-5-11(7-12)8-20/h4-7,14H,1-3H3. The number of nitrogens with zero attached hydrogens (tertiary/aromatic N) is 3. The molecule has 0 aliphatic heterocycles. The van der Waals surface area contributed by atoms with Gasteiger partial charge in [-0.15, -0.1) is 0 Å². The van der Waals surface area contributed by atoms with Gasteiger partial charge in [-0.05, 0) is 32.0 Å². The molecule has 0 saturated carbocycles. The third-order valence-corrected chi connectivity index (χ3v) is 3.58. The minimum Gasteiger partial charge on any atom is -0.444 e. The summed E-state index contributed by atoms with van der Waals surface area (Å²) in [5.74, 6) is -1.16. The van der Waals surface area contributed by atoms with Crippen molar-refractivity contribution in [2.24, 2.45) is 7.05 Å². The summed E-state index contributed by atoms with van der Waals surface area (Å²) in [7, 11) is 1.51. The number of nitriles is 1. The van der Waals surface area contributed by atoms with Gasteiger partial charge in [-0.3, -0.25) is 4.68 Å². The van der Waals surface area contributed by atoms with Crippen molar-refractivity contribution in [3.05, 3.63) is 52.3 Å². The fraction of sp³-hybridized carbons (Fsp3) is 0.312. The van der Waals surface area contributed by atoms with Crippen LogP contribution in [0.1, 0.15) is 39.0 Å². The first-order valence-electron chi connectivity index (χ1n) is 6.93. The second kappa shape index (κ2) is 6.35. The lowest BCUT2D eigenvalue weighted by molar-refractivity contribution is -0.207. The normalized spacial score (nSPS) is 12.5. The summed E-state index contributed by atoms with van der Waals surface area (Å²) >= 11 is 0. The molecular formula is C16H14F3N3O2. The van der Waals surface area contributed by atoms with Crippen molar-refractivity contribution in [2.45, 2.75) is 26.1 Å². The van der Waals surface area contributed by atoms with Gasteiger partial charge in [-0.2, -0.15) is 23.5 Å². The van der Waals surface area contributed by atoms with E-state index in [0.29, 0.717) is 0 Å². The molecule has 0 aliphatic rings. The minimum absolute atomic E-state index is 0.123. The van der Waals surface area contributed by atoms with E-state index in [1.807, 2.05) is 6.07 Å². The minimum atomic E-state index is -4.79. The molecular weight excluding hydrogens is 323 g/mol. The van der Waals surface area contributed by atoms with Gasteiger partial charge < -0.3 is 4.74 Å². The number of esters is 1. The molecule has 0 bridgehead atoms. The molecule has 24 heavy (non-hydrogen) atoms. The second-order valence-electron chi connectivity index (χ2n) is 5.23. The summed E-state index contributed by atoms with van der Waals surface area (Å²) in [4.78, 5) is 12.1. The molecule has 1 unspecified atom stereocenters. The molecule has 2 rings (SSSR count). The molecule has 0 amide bonds. The molecule has 1 atom stereocenters. The highest BCUT2D eigenvalue weighted by molar-refractivity contribution is 5.90. The van der Waals surface area contributed by atoms with E-state index in [2.05, 4.69) is 5.10 Å². The first-order chi connectivity index (χ1) is 11.1. The van der Waals surface area contributed by atoms with Crippen molar-refractivity contribution in [3.8, 4) is 6.07 Å². The van der Waals surface area contributed by atoms with E-state index in [1.165, 1.54) is 49.8 Å². The average molecular weight is 337 g/mol. The molecule has 2 aromatic rings. The molecule has 0 radical (unpaired) electrons. The molecule has 0 spiro atoms. The number of carbonyl (C=O) groups is 1. The lowest BCUT2D eigenvalue weighted by Crippen LogP contribution is -2.27. The number of ether oxygens (including phenoxy) is 1. The first-order valence-corrected chi connectivity index (χ1v) is 6.93. The number of alkyl halides is 3. The Bertz CT molecular complexity index is 819. The lowest BCUT2D eigenvalue weighted by Gasteiger charge is -2.21. The Hall–Kier alpha value is -2.82. The molecule has 0 fully saturated rings. The summed E-state index contributed by atoms with van der Waals surface area (Å²) in [6.45, 7) is 2.89. The molecule has 5 nitrogen and oxygen atoms in total. The summed E-state index contributed by atoms with van der Waals surface area (Å²) < 4.78 is 46.3. The van der Waals surface area contributed by atoms with Gasteiger partial charge in [-0.1, -0.05) is 6.07 Å². The van der Waals surface area contributed by atoms with Crippen LogP contribution in [0.2, 0.25) is 0 Å². The monoisotopic (exact) mass is 337 g/mol. The van der Waals surface area contributed by atoms with Gasteiger partial charge in [0.05, 0.1) is 22.9 Å². The van der Waals surface area contributed by atoms with Crippen molar-refractivity contribution < 1.29 is 22.7 Å². The highest BCUT2D eigenvalue weighted by Gasteiger charge is 2.46. The average Bonchev–Trinajstić information content (AvgIpc) is 2.76. The Morgan fingerprint density at radius 2 is 2.04 bits per heavy atom. The maximum atomic E-state index is 13.4. The van der Waals surface area contributed by atoms with Crippen LogP contribution in [0.15, 0.2) is 24.3 Å². The third kappa shape index (κ3) is 3.40. The number of hydrogen-bond acceptors (Lipinski definition) is 4. The number of hydrogen-bond donors (Lipinski definition) is 0. The van der Waals surface area contributed by atoms with E-state index in [4.69, 9.17) is 10.00 Å². The zero-order valence-corrected chi connectivity index (χ0v) is 13.2. The Morgan fingerprint density at radius 1 is 1.38 bits per heavy atom. The third-order valence-electron chi connectivity index (χ3n) is 3.58. The van der Waals surface area contributed by atoms with Gasteiger partial charge in [0.25, 0.3) is 0 Å². The molecule has 1 aromatic heterocycles. The van der Waals surface area contributed by atoms with Gasteiger partial charge in [-0.25, -0.2) is 4.79 Å². The van der Waals surface area contributed by atoms with Gasteiger partial charge >= 0.3 is 12.1 Å². The van der Waals surface area contributed by atoms with Crippen LogP contribution in [0.3, 0.4) is 0 Å². The second-order valence-corrected chi connectivity index (χ2v) is 5.23. The van der Waals surface area contributed by atoms with Crippen molar-refractivity contribution in [2.75, 3.05) is 0 Å². The molecule has 0 saturated heterocycles. The SMILES string of the molecule is Cc1nn(C)c(C)c1C(OC(=O)c1cccc(C#N)c1)C(F)(F)F. The summed E-state index contributed by atoms with van der Waals surface area (Å²) in [6, 6.07) is 7.13.